The summed E-state index contributed by atoms with van der Waals surface area (Å²) in [6, 6.07) is 16.4. The molecule has 2 aromatic rings. The van der Waals surface area contributed by atoms with Crippen LogP contribution >= 0.6 is 11.6 Å². The first-order chi connectivity index (χ1) is 14.2. The van der Waals surface area contributed by atoms with Crippen molar-refractivity contribution in [3.8, 4) is 0 Å². The average Bonchev–Trinajstić information content (AvgIpc) is 2.76. The van der Waals surface area contributed by atoms with E-state index in [9.17, 15) is 0 Å². The molecule has 1 fully saturated rings. The van der Waals surface area contributed by atoms with Crippen LogP contribution in [0.3, 0.4) is 0 Å². The normalized spacial score (nSPS) is 15.3. The molecule has 0 spiro atoms. The summed E-state index contributed by atoms with van der Waals surface area (Å²) in [7, 11) is 3.80. The van der Waals surface area contributed by atoms with Crippen molar-refractivity contribution < 1.29 is 9.47 Å². The van der Waals surface area contributed by atoms with Crippen LogP contribution in [0.4, 0.5) is 0 Å². The zero-order chi connectivity index (χ0) is 20.5. The van der Waals surface area contributed by atoms with E-state index in [0.29, 0.717) is 25.8 Å². The molecule has 1 aliphatic heterocycles. The topological polar surface area (TPSA) is 46.1 Å². The highest BCUT2D eigenvalue weighted by Gasteiger charge is 2.14. The average molecular weight is 416 g/mol. The molecule has 2 aromatic carbocycles. The van der Waals surface area contributed by atoms with Crippen LogP contribution in [0.25, 0.3) is 0 Å². The molecule has 156 valence electrons. The lowest BCUT2D eigenvalue weighted by Crippen LogP contribution is -2.38. The zero-order valence-electron chi connectivity index (χ0n) is 17.2. The van der Waals surface area contributed by atoms with Crippen LogP contribution in [-0.2, 0) is 29.2 Å². The maximum Gasteiger partial charge on any atom is 0.193 e. The molecular weight excluding hydrogens is 386 g/mol. The minimum atomic E-state index is 0.321. The van der Waals surface area contributed by atoms with Gasteiger partial charge in [0.15, 0.2) is 5.96 Å². The molecule has 1 aliphatic rings. The highest BCUT2D eigenvalue weighted by molar-refractivity contribution is 6.31. The van der Waals surface area contributed by atoms with Crippen molar-refractivity contribution in [1.82, 2.24) is 10.2 Å². The summed E-state index contributed by atoms with van der Waals surface area (Å²) >= 11 is 6.28. The van der Waals surface area contributed by atoms with Gasteiger partial charge in [-0.3, -0.25) is 4.99 Å². The molecule has 0 saturated carbocycles. The number of benzene rings is 2. The van der Waals surface area contributed by atoms with E-state index in [1.54, 1.807) is 7.05 Å². The third kappa shape index (κ3) is 6.74. The lowest BCUT2D eigenvalue weighted by atomic mass is 10.1. The first-order valence-electron chi connectivity index (χ1n) is 10.1. The molecule has 1 saturated heterocycles. The lowest BCUT2D eigenvalue weighted by molar-refractivity contribution is -0.0390. The molecule has 0 aromatic heterocycles. The van der Waals surface area contributed by atoms with E-state index in [-0.39, 0.29) is 0 Å². The third-order valence-corrected chi connectivity index (χ3v) is 5.44. The number of halogens is 1. The van der Waals surface area contributed by atoms with Crippen molar-refractivity contribution in [2.45, 2.75) is 38.6 Å². The maximum atomic E-state index is 6.28. The second kappa shape index (κ2) is 11.2. The van der Waals surface area contributed by atoms with Gasteiger partial charge in [-0.15, -0.1) is 0 Å². The van der Waals surface area contributed by atoms with Crippen LogP contribution in [0, 0.1) is 0 Å². The van der Waals surface area contributed by atoms with Gasteiger partial charge >= 0.3 is 0 Å². The first-order valence-corrected chi connectivity index (χ1v) is 10.5. The summed E-state index contributed by atoms with van der Waals surface area (Å²) in [5, 5.41) is 4.19. The predicted octanol–water partition coefficient (Wildman–Crippen LogP) is 4.24. The Kier molecular flexibility index (Phi) is 8.35. The van der Waals surface area contributed by atoms with Crippen LogP contribution in [0.15, 0.2) is 53.5 Å². The standard InChI is InChI=1S/C23H30ClN3O2/c1-25-23(27(2)16-20-5-3-4-6-22(20)24)26-15-18-7-9-19(10-8-18)17-29-21-11-13-28-14-12-21/h3-10,21H,11-17H2,1-2H3,(H,25,26). The summed E-state index contributed by atoms with van der Waals surface area (Å²) in [6.45, 7) is 3.67. The zero-order valence-corrected chi connectivity index (χ0v) is 18.0. The number of hydrogen-bond donors (Lipinski definition) is 1. The fourth-order valence-electron chi connectivity index (χ4n) is 3.33. The molecule has 1 heterocycles. The van der Waals surface area contributed by atoms with Crippen molar-refractivity contribution in [3.05, 3.63) is 70.2 Å². The molecule has 0 atom stereocenters. The fraction of sp³-hybridized carbons (Fsp3) is 0.435. The van der Waals surface area contributed by atoms with E-state index in [4.69, 9.17) is 21.1 Å². The molecule has 0 amide bonds. The van der Waals surface area contributed by atoms with E-state index in [1.807, 2.05) is 31.3 Å². The van der Waals surface area contributed by atoms with Gasteiger partial charge in [-0.25, -0.2) is 0 Å². The SMILES string of the molecule is CN=C(NCc1ccc(COC2CCOCC2)cc1)N(C)Cc1ccccc1Cl. The van der Waals surface area contributed by atoms with Crippen LogP contribution in [0.1, 0.15) is 29.5 Å². The molecule has 5 nitrogen and oxygen atoms in total. The molecule has 0 unspecified atom stereocenters. The quantitative estimate of drug-likeness (QED) is 0.542. The molecular formula is C23H30ClN3O2. The molecule has 0 radical (unpaired) electrons. The number of nitrogens with one attached hydrogen (secondary N) is 1. The Morgan fingerprint density at radius 3 is 2.52 bits per heavy atom. The van der Waals surface area contributed by atoms with Gasteiger partial charge in [0, 0.05) is 45.4 Å². The Balaban J connectivity index is 1.47. The Morgan fingerprint density at radius 1 is 1.14 bits per heavy atom. The first kappa shape index (κ1) is 21.6. The van der Waals surface area contributed by atoms with E-state index in [2.05, 4.69) is 39.5 Å². The van der Waals surface area contributed by atoms with E-state index >= 15 is 0 Å². The van der Waals surface area contributed by atoms with Crippen LogP contribution in [0.2, 0.25) is 5.02 Å². The van der Waals surface area contributed by atoms with Gasteiger partial charge < -0.3 is 19.7 Å². The van der Waals surface area contributed by atoms with E-state index in [1.165, 1.54) is 11.1 Å². The highest BCUT2D eigenvalue weighted by Crippen LogP contribution is 2.17. The summed E-state index contributed by atoms with van der Waals surface area (Å²) < 4.78 is 11.4. The van der Waals surface area contributed by atoms with Gasteiger partial charge in [0.1, 0.15) is 0 Å². The predicted molar refractivity (Wildman–Crippen MR) is 118 cm³/mol. The van der Waals surface area contributed by atoms with Gasteiger partial charge in [0.2, 0.25) is 0 Å². The van der Waals surface area contributed by atoms with E-state index < -0.39 is 0 Å². The van der Waals surface area contributed by atoms with Gasteiger partial charge in [-0.05, 0) is 35.6 Å². The summed E-state index contributed by atoms with van der Waals surface area (Å²) in [6.07, 6.45) is 2.30. The largest absolute Gasteiger partial charge is 0.381 e. The molecule has 0 aliphatic carbocycles. The second-order valence-electron chi connectivity index (χ2n) is 7.29. The number of aliphatic imine (C=N–C) groups is 1. The summed E-state index contributed by atoms with van der Waals surface area (Å²) in [5.74, 6) is 0.830. The molecule has 3 rings (SSSR count). The van der Waals surface area contributed by atoms with Gasteiger partial charge in [-0.1, -0.05) is 54.1 Å². The highest BCUT2D eigenvalue weighted by atomic mass is 35.5. The number of ether oxygens (including phenoxy) is 2. The molecule has 1 N–H and O–H groups in total. The van der Waals surface area contributed by atoms with Crippen molar-refractivity contribution in [2.75, 3.05) is 27.3 Å². The molecule has 0 bridgehead atoms. The second-order valence-corrected chi connectivity index (χ2v) is 7.69. The van der Waals surface area contributed by atoms with Crippen molar-refractivity contribution >= 4 is 17.6 Å². The number of rotatable bonds is 7. The summed E-state index contributed by atoms with van der Waals surface area (Å²) in [4.78, 5) is 6.45. The Bertz CT molecular complexity index is 789. The van der Waals surface area contributed by atoms with Crippen molar-refractivity contribution in [2.24, 2.45) is 4.99 Å². The summed E-state index contributed by atoms with van der Waals surface area (Å²) in [5.41, 5.74) is 3.47. The molecule has 29 heavy (non-hydrogen) atoms. The van der Waals surface area contributed by atoms with Crippen LogP contribution in [0.5, 0.6) is 0 Å². The Labute approximate surface area is 178 Å². The number of guanidine groups is 1. The third-order valence-electron chi connectivity index (χ3n) is 5.07. The monoisotopic (exact) mass is 415 g/mol. The van der Waals surface area contributed by atoms with Crippen molar-refractivity contribution in [3.63, 3.8) is 0 Å². The minimum Gasteiger partial charge on any atom is -0.381 e. The van der Waals surface area contributed by atoms with E-state index in [0.717, 1.165) is 42.6 Å². The number of nitrogens with zero attached hydrogens (tertiary/aromatic N) is 2. The Hall–Kier alpha value is -2.08. The fourth-order valence-corrected chi connectivity index (χ4v) is 3.53. The van der Waals surface area contributed by atoms with Gasteiger partial charge in [0.05, 0.1) is 12.7 Å². The smallest absolute Gasteiger partial charge is 0.193 e. The lowest BCUT2D eigenvalue weighted by Gasteiger charge is -2.23. The van der Waals surface area contributed by atoms with Crippen LogP contribution < -0.4 is 5.32 Å². The Morgan fingerprint density at radius 2 is 1.83 bits per heavy atom. The maximum absolute atomic E-state index is 6.28. The number of hydrogen-bond acceptors (Lipinski definition) is 3. The minimum absolute atomic E-state index is 0.321. The van der Waals surface area contributed by atoms with Gasteiger partial charge in [0.25, 0.3) is 0 Å². The van der Waals surface area contributed by atoms with Crippen LogP contribution in [-0.4, -0.2) is 44.3 Å². The van der Waals surface area contributed by atoms with Gasteiger partial charge in [-0.2, -0.15) is 0 Å². The molecule has 6 heteroatoms. The van der Waals surface area contributed by atoms with Crippen molar-refractivity contribution in [1.29, 1.82) is 0 Å².